The number of amides is 1. The monoisotopic (exact) mass is 343 g/mol. The van der Waals surface area contributed by atoms with Gasteiger partial charge in [-0.25, -0.2) is 0 Å². The van der Waals surface area contributed by atoms with Gasteiger partial charge in [0.05, 0.1) is 19.3 Å². The molecule has 1 unspecified atom stereocenters. The minimum Gasteiger partial charge on any atom is -0.383 e. The molecule has 4 nitrogen and oxygen atoms in total. The zero-order chi connectivity index (χ0) is 15.1. The van der Waals surface area contributed by atoms with Crippen molar-refractivity contribution in [2.45, 2.75) is 19.9 Å². The quantitative estimate of drug-likeness (QED) is 0.764. The molecule has 0 saturated heterocycles. The van der Waals surface area contributed by atoms with Crippen LogP contribution in [0.1, 0.15) is 22.8 Å². The average Bonchev–Trinajstić information content (AvgIpc) is 2.42. The molecule has 0 aliphatic carbocycles. The Morgan fingerprint density at radius 2 is 2.05 bits per heavy atom. The Bertz CT molecular complexity index is 451. The number of hydrogen-bond acceptors (Lipinski definition) is 3. The van der Waals surface area contributed by atoms with E-state index in [4.69, 9.17) is 9.47 Å². The molecule has 0 aliphatic heterocycles. The average molecular weight is 344 g/mol. The molecule has 0 fully saturated rings. The van der Waals surface area contributed by atoms with Gasteiger partial charge in [0.2, 0.25) is 0 Å². The number of halogens is 1. The molecule has 5 heteroatoms. The molecule has 0 heterocycles. The van der Waals surface area contributed by atoms with Gasteiger partial charge in [-0.3, -0.25) is 4.79 Å². The minimum atomic E-state index is -0.00713. The van der Waals surface area contributed by atoms with Crippen LogP contribution < -0.4 is 0 Å². The molecule has 0 radical (unpaired) electrons. The maximum atomic E-state index is 12.6. The van der Waals surface area contributed by atoms with E-state index >= 15 is 0 Å². The first-order valence-electron chi connectivity index (χ1n) is 6.56. The highest BCUT2D eigenvalue weighted by molar-refractivity contribution is 9.10. The number of hydrogen-bond donors (Lipinski definition) is 0. The fourth-order valence-electron chi connectivity index (χ4n) is 1.93. The third-order valence-corrected chi connectivity index (χ3v) is 4.01. The fourth-order valence-corrected chi connectivity index (χ4v) is 2.31. The lowest BCUT2D eigenvalue weighted by Gasteiger charge is -2.29. The highest BCUT2D eigenvalue weighted by atomic mass is 79.9. The fraction of sp³-hybridized carbons (Fsp3) is 0.533. The molecule has 0 N–H and O–H groups in total. The topological polar surface area (TPSA) is 38.8 Å². The van der Waals surface area contributed by atoms with Gasteiger partial charge >= 0.3 is 0 Å². The first-order chi connectivity index (χ1) is 9.51. The van der Waals surface area contributed by atoms with Crippen LogP contribution in [0.2, 0.25) is 0 Å². The van der Waals surface area contributed by atoms with Crippen LogP contribution in [0.15, 0.2) is 22.7 Å². The van der Waals surface area contributed by atoms with E-state index in [0.29, 0.717) is 25.3 Å². The lowest BCUT2D eigenvalue weighted by molar-refractivity contribution is 0.0479. The van der Waals surface area contributed by atoms with E-state index in [-0.39, 0.29) is 11.9 Å². The predicted octanol–water partition coefficient (Wildman–Crippen LogP) is 2.88. The van der Waals surface area contributed by atoms with E-state index in [1.165, 1.54) is 0 Å². The summed E-state index contributed by atoms with van der Waals surface area (Å²) >= 11 is 3.46. The van der Waals surface area contributed by atoms with Crippen molar-refractivity contribution in [3.8, 4) is 0 Å². The van der Waals surface area contributed by atoms with E-state index in [0.717, 1.165) is 10.0 Å². The van der Waals surface area contributed by atoms with Gasteiger partial charge in [-0.05, 0) is 31.5 Å². The zero-order valence-corrected chi connectivity index (χ0v) is 14.1. The van der Waals surface area contributed by atoms with Gasteiger partial charge in [0.15, 0.2) is 0 Å². The summed E-state index contributed by atoms with van der Waals surface area (Å²) < 4.78 is 11.2. The van der Waals surface area contributed by atoms with Crippen LogP contribution in [-0.2, 0) is 9.47 Å². The predicted molar refractivity (Wildman–Crippen MR) is 83.1 cm³/mol. The van der Waals surface area contributed by atoms with Gasteiger partial charge in [-0.1, -0.05) is 22.0 Å². The number of carbonyl (C=O) groups is 1. The summed E-state index contributed by atoms with van der Waals surface area (Å²) in [5, 5.41) is 0. The highest BCUT2D eigenvalue weighted by Gasteiger charge is 2.21. The van der Waals surface area contributed by atoms with Crippen molar-refractivity contribution in [2.24, 2.45) is 0 Å². The van der Waals surface area contributed by atoms with Crippen molar-refractivity contribution in [3.05, 3.63) is 33.8 Å². The summed E-state index contributed by atoms with van der Waals surface area (Å²) in [6.45, 7) is 5.52. The van der Waals surface area contributed by atoms with E-state index in [1.807, 2.05) is 32.0 Å². The van der Waals surface area contributed by atoms with Crippen LogP contribution in [0.4, 0.5) is 0 Å². The number of carbonyl (C=O) groups excluding carboxylic acids is 1. The van der Waals surface area contributed by atoms with Crippen LogP contribution in [0.25, 0.3) is 0 Å². The normalized spacial score (nSPS) is 12.2. The Morgan fingerprint density at radius 1 is 1.35 bits per heavy atom. The zero-order valence-electron chi connectivity index (χ0n) is 12.5. The minimum absolute atomic E-state index is 0.00253. The molecule has 20 heavy (non-hydrogen) atoms. The number of aryl methyl sites for hydroxylation is 1. The molecule has 0 bridgehead atoms. The number of benzene rings is 1. The molecule has 0 aliphatic rings. The smallest absolute Gasteiger partial charge is 0.254 e. The summed E-state index contributed by atoms with van der Waals surface area (Å²) in [6, 6.07) is 5.65. The van der Waals surface area contributed by atoms with Crippen LogP contribution in [0.3, 0.4) is 0 Å². The second-order valence-electron chi connectivity index (χ2n) is 4.76. The Morgan fingerprint density at radius 3 is 2.60 bits per heavy atom. The molecular weight excluding hydrogens is 322 g/mol. The van der Waals surface area contributed by atoms with E-state index < -0.39 is 0 Å². The molecule has 0 saturated carbocycles. The van der Waals surface area contributed by atoms with Crippen LogP contribution >= 0.6 is 15.9 Å². The van der Waals surface area contributed by atoms with Crippen molar-refractivity contribution in [1.29, 1.82) is 0 Å². The van der Waals surface area contributed by atoms with Gasteiger partial charge in [-0.15, -0.1) is 0 Å². The van der Waals surface area contributed by atoms with Crippen molar-refractivity contribution in [2.75, 3.05) is 34.0 Å². The number of ether oxygens (including phenoxy) is 2. The molecule has 0 aromatic heterocycles. The van der Waals surface area contributed by atoms with Crippen molar-refractivity contribution in [1.82, 2.24) is 4.90 Å². The molecule has 112 valence electrons. The van der Waals surface area contributed by atoms with Gasteiger partial charge in [-0.2, -0.15) is 0 Å². The molecular formula is C15H22BrNO3. The Balaban J connectivity index is 2.93. The lowest BCUT2D eigenvalue weighted by Crippen LogP contribution is -2.43. The lowest BCUT2D eigenvalue weighted by atomic mass is 10.1. The summed E-state index contributed by atoms with van der Waals surface area (Å²) in [4.78, 5) is 14.4. The summed E-state index contributed by atoms with van der Waals surface area (Å²) in [5.41, 5.74) is 1.77. The largest absolute Gasteiger partial charge is 0.383 e. The number of nitrogens with zero attached hydrogens (tertiary/aromatic N) is 1. The van der Waals surface area contributed by atoms with Crippen molar-refractivity contribution in [3.63, 3.8) is 0 Å². The Kier molecular flexibility index (Phi) is 7.19. The van der Waals surface area contributed by atoms with Gasteiger partial charge in [0.1, 0.15) is 0 Å². The molecule has 1 amide bonds. The first kappa shape index (κ1) is 17.1. The van der Waals surface area contributed by atoms with Crippen molar-refractivity contribution < 1.29 is 14.3 Å². The van der Waals surface area contributed by atoms with Crippen LogP contribution in [0.5, 0.6) is 0 Å². The van der Waals surface area contributed by atoms with Crippen LogP contribution in [-0.4, -0.2) is 50.8 Å². The van der Waals surface area contributed by atoms with E-state index in [2.05, 4.69) is 15.9 Å². The third kappa shape index (κ3) is 4.58. The SMILES string of the molecule is COCCN(C(=O)c1ccc(C)c(Br)c1)C(C)COC. The van der Waals surface area contributed by atoms with Crippen molar-refractivity contribution >= 4 is 21.8 Å². The van der Waals surface area contributed by atoms with E-state index in [9.17, 15) is 4.79 Å². The Labute approximate surface area is 129 Å². The van der Waals surface area contributed by atoms with Crippen LogP contribution in [0, 0.1) is 6.92 Å². The van der Waals surface area contributed by atoms with Gasteiger partial charge in [0, 0.05) is 30.8 Å². The second kappa shape index (κ2) is 8.39. The second-order valence-corrected chi connectivity index (χ2v) is 5.61. The summed E-state index contributed by atoms with van der Waals surface area (Å²) in [5.74, 6) is -0.00713. The van der Waals surface area contributed by atoms with Gasteiger partial charge < -0.3 is 14.4 Å². The summed E-state index contributed by atoms with van der Waals surface area (Å²) in [6.07, 6.45) is 0. The molecule has 1 aromatic rings. The molecule has 1 aromatic carbocycles. The summed E-state index contributed by atoms with van der Waals surface area (Å²) in [7, 11) is 3.27. The number of rotatable bonds is 7. The molecule has 1 atom stereocenters. The molecule has 0 spiro atoms. The third-order valence-electron chi connectivity index (χ3n) is 3.16. The first-order valence-corrected chi connectivity index (χ1v) is 7.35. The van der Waals surface area contributed by atoms with Gasteiger partial charge in [0.25, 0.3) is 5.91 Å². The Hall–Kier alpha value is -0.910. The van der Waals surface area contributed by atoms with E-state index in [1.54, 1.807) is 19.1 Å². The standard InChI is InChI=1S/C15H22BrNO3/c1-11-5-6-13(9-14(11)16)15(18)17(7-8-19-3)12(2)10-20-4/h5-6,9,12H,7-8,10H2,1-4H3. The number of methoxy groups -OCH3 is 2. The highest BCUT2D eigenvalue weighted by Crippen LogP contribution is 2.19. The maximum Gasteiger partial charge on any atom is 0.254 e. The maximum absolute atomic E-state index is 12.6. The molecule has 1 rings (SSSR count).